The minimum atomic E-state index is -0.205. The van der Waals surface area contributed by atoms with E-state index in [1.807, 2.05) is 11.0 Å². The van der Waals surface area contributed by atoms with Crippen molar-refractivity contribution in [1.82, 2.24) is 14.6 Å². The maximum Gasteiger partial charge on any atom is 0.275 e. The Morgan fingerprint density at radius 3 is 2.86 bits per heavy atom. The van der Waals surface area contributed by atoms with Gasteiger partial charge < -0.3 is 4.90 Å². The third-order valence-corrected chi connectivity index (χ3v) is 4.65. The van der Waals surface area contributed by atoms with Crippen LogP contribution in [0.1, 0.15) is 18.0 Å². The summed E-state index contributed by atoms with van der Waals surface area (Å²) in [6.45, 7) is 0.799. The fourth-order valence-corrected chi connectivity index (χ4v) is 3.49. The van der Waals surface area contributed by atoms with Gasteiger partial charge in [0.2, 0.25) is 10.1 Å². The Balaban J connectivity index is 1.74. The summed E-state index contributed by atoms with van der Waals surface area (Å²) in [7, 11) is 0. The van der Waals surface area contributed by atoms with Crippen molar-refractivity contribution >= 4 is 21.4 Å². The fraction of sp³-hybridized carbons (Fsp3) is 0.214. The Bertz CT molecular complexity index is 875. The highest BCUT2D eigenvalue weighted by molar-refractivity contribution is 7.20. The van der Waals surface area contributed by atoms with Crippen molar-refractivity contribution in [3.8, 4) is 0 Å². The third kappa shape index (κ3) is 1.92. The lowest BCUT2D eigenvalue weighted by molar-refractivity contribution is 0.442. The van der Waals surface area contributed by atoms with Crippen molar-refractivity contribution in [2.24, 2.45) is 0 Å². The summed E-state index contributed by atoms with van der Waals surface area (Å²) < 4.78 is 15.2. The molecule has 1 saturated heterocycles. The lowest BCUT2D eigenvalue weighted by Gasteiger charge is -2.40. The number of nitrogens with zero attached hydrogens (tertiary/aromatic N) is 4. The Morgan fingerprint density at radius 1 is 1.29 bits per heavy atom. The standard InChI is InChI=1S/C14H11FN4OS/c15-10-4-2-1-3-9(10)11-6-8-18(11)14-17-19-12(20)5-7-16-13(19)21-14/h1-5,7,11H,6,8H2/t11-/m0/s1. The van der Waals surface area contributed by atoms with E-state index in [4.69, 9.17) is 0 Å². The van der Waals surface area contributed by atoms with Gasteiger partial charge in [0.05, 0.1) is 6.04 Å². The van der Waals surface area contributed by atoms with Crippen molar-refractivity contribution < 1.29 is 4.39 Å². The first-order chi connectivity index (χ1) is 10.2. The SMILES string of the molecule is O=c1ccnc2sc(N3CC[C@H]3c3ccccc3F)nn12. The molecule has 0 bridgehead atoms. The average Bonchev–Trinajstić information content (AvgIpc) is 2.85. The van der Waals surface area contributed by atoms with Gasteiger partial charge in [-0.2, -0.15) is 4.52 Å². The molecular formula is C14H11FN4OS. The van der Waals surface area contributed by atoms with Crippen LogP contribution in [0.5, 0.6) is 0 Å². The van der Waals surface area contributed by atoms with Crippen LogP contribution in [0.3, 0.4) is 0 Å². The first kappa shape index (κ1) is 12.5. The maximum absolute atomic E-state index is 13.9. The van der Waals surface area contributed by atoms with Crippen molar-refractivity contribution in [3.05, 3.63) is 58.3 Å². The van der Waals surface area contributed by atoms with Gasteiger partial charge in [-0.15, -0.1) is 5.10 Å². The Kier molecular flexibility index (Phi) is 2.75. The van der Waals surface area contributed by atoms with E-state index in [1.165, 1.54) is 34.2 Å². The van der Waals surface area contributed by atoms with Crippen molar-refractivity contribution in [2.75, 3.05) is 11.4 Å². The lowest BCUT2D eigenvalue weighted by atomic mass is 9.95. The second kappa shape index (κ2) is 4.63. The zero-order valence-electron chi connectivity index (χ0n) is 10.9. The molecule has 1 atom stereocenters. The average molecular weight is 302 g/mol. The molecule has 7 heteroatoms. The van der Waals surface area contributed by atoms with E-state index in [0.717, 1.165) is 13.0 Å². The van der Waals surface area contributed by atoms with Crippen molar-refractivity contribution in [1.29, 1.82) is 0 Å². The molecule has 4 rings (SSSR count). The quantitative estimate of drug-likeness (QED) is 0.728. The summed E-state index contributed by atoms with van der Waals surface area (Å²) >= 11 is 1.34. The highest BCUT2D eigenvalue weighted by atomic mass is 32.1. The minimum absolute atomic E-state index is 0.0255. The van der Waals surface area contributed by atoms with Crippen LogP contribution < -0.4 is 10.5 Å². The predicted octanol–water partition coefficient (Wildman–Crippen LogP) is 2.24. The molecule has 1 aliphatic heterocycles. The van der Waals surface area contributed by atoms with Crippen LogP contribution in [0.2, 0.25) is 0 Å². The summed E-state index contributed by atoms with van der Waals surface area (Å²) in [6.07, 6.45) is 2.35. The largest absolute Gasteiger partial charge is 0.339 e. The van der Waals surface area contributed by atoms with Crippen LogP contribution in [0.4, 0.5) is 9.52 Å². The van der Waals surface area contributed by atoms with E-state index in [-0.39, 0.29) is 17.4 Å². The maximum atomic E-state index is 13.9. The molecule has 0 saturated carbocycles. The number of halogens is 1. The van der Waals surface area contributed by atoms with E-state index >= 15 is 0 Å². The summed E-state index contributed by atoms with van der Waals surface area (Å²) in [5, 5.41) is 5.00. The molecule has 0 amide bonds. The van der Waals surface area contributed by atoms with E-state index < -0.39 is 0 Å². The zero-order chi connectivity index (χ0) is 14.4. The summed E-state index contributed by atoms with van der Waals surface area (Å²) in [5.41, 5.74) is 0.466. The van der Waals surface area contributed by atoms with Crippen LogP contribution in [-0.2, 0) is 0 Å². The first-order valence-electron chi connectivity index (χ1n) is 6.60. The highest BCUT2D eigenvalue weighted by Crippen LogP contribution is 2.39. The zero-order valence-corrected chi connectivity index (χ0v) is 11.8. The number of rotatable bonds is 2. The molecule has 3 heterocycles. The predicted molar refractivity (Wildman–Crippen MR) is 78.2 cm³/mol. The highest BCUT2D eigenvalue weighted by Gasteiger charge is 2.33. The smallest absolute Gasteiger partial charge is 0.275 e. The van der Waals surface area contributed by atoms with Crippen LogP contribution in [0, 0.1) is 5.82 Å². The molecule has 0 spiro atoms. The van der Waals surface area contributed by atoms with E-state index in [9.17, 15) is 9.18 Å². The summed E-state index contributed by atoms with van der Waals surface area (Å²) in [4.78, 5) is 18.4. The van der Waals surface area contributed by atoms with Crippen LogP contribution in [0.15, 0.2) is 41.3 Å². The van der Waals surface area contributed by atoms with Crippen molar-refractivity contribution in [3.63, 3.8) is 0 Å². The number of benzene rings is 1. The second-order valence-electron chi connectivity index (χ2n) is 4.88. The second-order valence-corrected chi connectivity index (χ2v) is 5.82. The van der Waals surface area contributed by atoms with Crippen molar-refractivity contribution in [2.45, 2.75) is 12.5 Å². The minimum Gasteiger partial charge on any atom is -0.339 e. The number of hydrogen-bond donors (Lipinski definition) is 0. The molecule has 0 unspecified atom stereocenters. The van der Waals surface area contributed by atoms with Gasteiger partial charge >= 0.3 is 0 Å². The van der Waals surface area contributed by atoms with E-state index in [2.05, 4.69) is 10.1 Å². The van der Waals surface area contributed by atoms with Gasteiger partial charge in [-0.05, 0) is 12.5 Å². The molecule has 1 aromatic carbocycles. The number of fused-ring (bicyclic) bond motifs is 1. The number of hydrogen-bond acceptors (Lipinski definition) is 5. The molecule has 21 heavy (non-hydrogen) atoms. The molecular weight excluding hydrogens is 291 g/mol. The molecule has 5 nitrogen and oxygen atoms in total. The monoisotopic (exact) mass is 302 g/mol. The van der Waals surface area contributed by atoms with Gasteiger partial charge in [0.1, 0.15) is 5.82 Å². The van der Waals surface area contributed by atoms with Gasteiger partial charge in [0.25, 0.3) is 5.56 Å². The van der Waals surface area contributed by atoms with Crippen LogP contribution in [-0.4, -0.2) is 21.1 Å². The molecule has 106 valence electrons. The van der Waals surface area contributed by atoms with Crippen LogP contribution in [0.25, 0.3) is 4.96 Å². The molecule has 1 fully saturated rings. The van der Waals surface area contributed by atoms with E-state index in [1.54, 1.807) is 12.1 Å². The van der Waals surface area contributed by atoms with Gasteiger partial charge in [-0.1, -0.05) is 29.5 Å². The molecule has 1 aliphatic rings. The van der Waals surface area contributed by atoms with Crippen LogP contribution >= 0.6 is 11.3 Å². The molecule has 0 N–H and O–H groups in total. The first-order valence-corrected chi connectivity index (χ1v) is 7.41. The van der Waals surface area contributed by atoms with Gasteiger partial charge in [-0.25, -0.2) is 9.37 Å². The molecule has 2 aromatic heterocycles. The summed E-state index contributed by atoms with van der Waals surface area (Å²) in [6, 6.07) is 8.13. The molecule has 0 aliphatic carbocycles. The summed E-state index contributed by atoms with van der Waals surface area (Å²) in [5.74, 6) is -0.205. The lowest BCUT2D eigenvalue weighted by Crippen LogP contribution is -2.41. The van der Waals surface area contributed by atoms with Gasteiger partial charge in [-0.3, -0.25) is 4.79 Å². The Morgan fingerprint density at radius 2 is 2.14 bits per heavy atom. The Labute approximate surface area is 123 Å². The number of aromatic nitrogens is 3. The molecule has 0 radical (unpaired) electrons. The Hall–Kier alpha value is -2.28. The number of anilines is 1. The third-order valence-electron chi connectivity index (χ3n) is 3.69. The molecule has 3 aromatic rings. The van der Waals surface area contributed by atoms with Gasteiger partial charge in [0.15, 0.2) is 0 Å². The fourth-order valence-electron chi connectivity index (χ4n) is 2.53. The topological polar surface area (TPSA) is 50.5 Å². The normalized spacial score (nSPS) is 18.0. The van der Waals surface area contributed by atoms with Gasteiger partial charge in [0, 0.05) is 24.4 Å². The van der Waals surface area contributed by atoms with E-state index in [0.29, 0.717) is 15.7 Å².